The molecule has 33 heavy (non-hydrogen) atoms. The minimum atomic E-state index is -0.609. The summed E-state index contributed by atoms with van der Waals surface area (Å²) < 4.78 is 6.58. The number of aromatic nitrogens is 1. The number of hydrogen-bond acceptors (Lipinski definition) is 6. The molecule has 1 atom stereocenters. The van der Waals surface area contributed by atoms with Crippen LogP contribution in [0.3, 0.4) is 0 Å². The Kier molecular flexibility index (Phi) is 6.93. The van der Waals surface area contributed by atoms with E-state index in [9.17, 15) is 19.2 Å². The highest BCUT2D eigenvalue weighted by Crippen LogP contribution is 2.24. The van der Waals surface area contributed by atoms with Gasteiger partial charge in [-0.15, -0.1) is 11.3 Å². The number of hydrogen-bond donors (Lipinski definition) is 2. The molecule has 10 heteroatoms. The molecule has 1 aliphatic rings. The van der Waals surface area contributed by atoms with Crippen molar-refractivity contribution in [2.24, 2.45) is 0 Å². The number of likely N-dealkylation sites (tertiary alicyclic amines) is 1. The number of anilines is 1. The van der Waals surface area contributed by atoms with E-state index in [4.69, 9.17) is 4.42 Å². The monoisotopic (exact) mass is 470 g/mol. The van der Waals surface area contributed by atoms with E-state index < -0.39 is 11.8 Å². The van der Waals surface area contributed by atoms with Crippen LogP contribution in [-0.2, 0) is 20.9 Å². The molecule has 174 valence electrons. The summed E-state index contributed by atoms with van der Waals surface area (Å²) in [6.07, 6.45) is 3.10. The average molecular weight is 471 g/mol. The predicted octanol–water partition coefficient (Wildman–Crippen LogP) is 2.87. The lowest BCUT2D eigenvalue weighted by atomic mass is 10.1. The van der Waals surface area contributed by atoms with Crippen molar-refractivity contribution in [3.05, 3.63) is 51.1 Å². The fourth-order valence-electron chi connectivity index (χ4n) is 4.02. The van der Waals surface area contributed by atoms with Crippen molar-refractivity contribution in [3.63, 3.8) is 0 Å². The number of nitrogens with one attached hydrogen (secondary N) is 2. The maximum atomic E-state index is 12.7. The third kappa shape index (κ3) is 5.51. The van der Waals surface area contributed by atoms with E-state index >= 15 is 0 Å². The van der Waals surface area contributed by atoms with Crippen LogP contribution in [0.4, 0.5) is 5.69 Å². The summed E-state index contributed by atoms with van der Waals surface area (Å²) in [5.74, 6) is -1.24. The van der Waals surface area contributed by atoms with E-state index in [2.05, 4.69) is 10.6 Å². The maximum absolute atomic E-state index is 12.7. The second-order valence-electron chi connectivity index (χ2n) is 8.10. The number of thiophene rings is 1. The Hall–Kier alpha value is -3.40. The van der Waals surface area contributed by atoms with Crippen molar-refractivity contribution in [3.8, 4) is 0 Å². The summed E-state index contributed by atoms with van der Waals surface area (Å²) in [4.78, 5) is 52.0. The molecule has 3 amide bonds. The highest BCUT2D eigenvalue weighted by Gasteiger charge is 2.21. The lowest BCUT2D eigenvalue weighted by molar-refractivity contribution is -0.132. The van der Waals surface area contributed by atoms with Crippen LogP contribution in [0.25, 0.3) is 11.1 Å². The van der Waals surface area contributed by atoms with Gasteiger partial charge >= 0.3 is 5.76 Å². The normalized spacial score (nSPS) is 14.8. The highest BCUT2D eigenvalue weighted by atomic mass is 32.1. The Morgan fingerprint density at radius 1 is 1.15 bits per heavy atom. The first-order chi connectivity index (χ1) is 15.9. The number of amides is 3. The molecule has 1 fully saturated rings. The minimum Gasteiger partial charge on any atom is -0.408 e. The van der Waals surface area contributed by atoms with Gasteiger partial charge in [-0.25, -0.2) is 4.79 Å². The molecular formula is C23H26N4O5S. The molecule has 2 N–H and O–H groups in total. The van der Waals surface area contributed by atoms with Gasteiger partial charge in [-0.2, -0.15) is 0 Å². The van der Waals surface area contributed by atoms with Crippen LogP contribution in [0.1, 0.15) is 43.5 Å². The van der Waals surface area contributed by atoms with Gasteiger partial charge < -0.3 is 20.0 Å². The molecule has 1 aromatic carbocycles. The van der Waals surface area contributed by atoms with Crippen LogP contribution in [-0.4, -0.2) is 40.3 Å². The van der Waals surface area contributed by atoms with Gasteiger partial charge in [0.1, 0.15) is 6.54 Å². The van der Waals surface area contributed by atoms with Gasteiger partial charge in [0.15, 0.2) is 5.58 Å². The SMILES string of the molecule is CC(=O)NC(CC(=O)Nc1ccc2oc(=O)n(CC(=O)N3CCCCC3)c2c1)c1cccs1. The quantitative estimate of drug-likeness (QED) is 0.551. The fraction of sp³-hybridized carbons (Fsp3) is 0.391. The number of fused-ring (bicyclic) bond motifs is 1. The summed E-state index contributed by atoms with van der Waals surface area (Å²) in [5.41, 5.74) is 1.26. The Bertz CT molecular complexity index is 1210. The molecule has 0 aliphatic carbocycles. The van der Waals surface area contributed by atoms with Crippen LogP contribution in [0, 0.1) is 0 Å². The Labute approximate surface area is 194 Å². The summed E-state index contributed by atoms with van der Waals surface area (Å²) in [7, 11) is 0. The van der Waals surface area contributed by atoms with Crippen LogP contribution in [0.15, 0.2) is 44.9 Å². The van der Waals surface area contributed by atoms with Crippen molar-refractivity contribution in [1.29, 1.82) is 0 Å². The molecule has 1 unspecified atom stereocenters. The van der Waals surface area contributed by atoms with E-state index in [1.807, 2.05) is 17.5 Å². The Balaban J connectivity index is 1.49. The number of benzene rings is 1. The van der Waals surface area contributed by atoms with E-state index in [0.717, 1.165) is 24.1 Å². The lowest BCUT2D eigenvalue weighted by Crippen LogP contribution is -2.39. The smallest absolute Gasteiger partial charge is 0.408 e. The zero-order chi connectivity index (χ0) is 23.4. The number of piperidine rings is 1. The van der Waals surface area contributed by atoms with Crippen molar-refractivity contribution < 1.29 is 18.8 Å². The van der Waals surface area contributed by atoms with Gasteiger partial charge in [0.25, 0.3) is 0 Å². The van der Waals surface area contributed by atoms with E-state index in [0.29, 0.717) is 29.9 Å². The summed E-state index contributed by atoms with van der Waals surface area (Å²) in [6, 6.07) is 8.16. The van der Waals surface area contributed by atoms with Crippen molar-refractivity contribution >= 4 is 45.8 Å². The van der Waals surface area contributed by atoms with Crippen LogP contribution in [0.2, 0.25) is 0 Å². The maximum Gasteiger partial charge on any atom is 0.420 e. The van der Waals surface area contributed by atoms with E-state index in [1.165, 1.54) is 22.8 Å². The van der Waals surface area contributed by atoms with Gasteiger partial charge in [-0.3, -0.25) is 19.0 Å². The molecule has 1 aliphatic heterocycles. The third-order valence-electron chi connectivity index (χ3n) is 5.61. The molecule has 3 aromatic rings. The fourth-order valence-corrected chi connectivity index (χ4v) is 4.80. The van der Waals surface area contributed by atoms with Crippen molar-refractivity contribution in [2.45, 2.75) is 45.2 Å². The third-order valence-corrected chi connectivity index (χ3v) is 6.59. The molecule has 0 radical (unpaired) electrons. The standard InChI is InChI=1S/C23H26N4O5S/c1-15(28)24-17(20-6-5-11-33-20)13-21(29)25-16-7-8-19-18(12-16)27(23(31)32-19)14-22(30)26-9-3-2-4-10-26/h5-8,11-12,17H,2-4,9-10,13-14H2,1H3,(H,24,28)(H,25,29). The second kappa shape index (κ2) is 10.0. The number of carbonyl (C=O) groups is 3. The second-order valence-corrected chi connectivity index (χ2v) is 9.08. The Morgan fingerprint density at radius 3 is 2.64 bits per heavy atom. The zero-order valence-electron chi connectivity index (χ0n) is 18.3. The zero-order valence-corrected chi connectivity index (χ0v) is 19.2. The first-order valence-corrected chi connectivity index (χ1v) is 11.8. The van der Waals surface area contributed by atoms with E-state index in [-0.39, 0.29) is 30.7 Å². The molecular weight excluding hydrogens is 444 g/mol. The van der Waals surface area contributed by atoms with Crippen molar-refractivity contribution in [2.75, 3.05) is 18.4 Å². The van der Waals surface area contributed by atoms with Gasteiger partial charge in [0.2, 0.25) is 17.7 Å². The molecule has 0 spiro atoms. The van der Waals surface area contributed by atoms with Crippen LogP contribution < -0.4 is 16.4 Å². The van der Waals surface area contributed by atoms with Crippen molar-refractivity contribution in [1.82, 2.24) is 14.8 Å². The molecule has 2 aromatic heterocycles. The molecule has 0 bridgehead atoms. The number of nitrogens with zero attached hydrogens (tertiary/aromatic N) is 2. The molecule has 4 rings (SSSR count). The van der Waals surface area contributed by atoms with Gasteiger partial charge in [0.05, 0.1) is 18.0 Å². The van der Waals surface area contributed by atoms with E-state index in [1.54, 1.807) is 23.1 Å². The minimum absolute atomic E-state index is 0.0593. The summed E-state index contributed by atoms with van der Waals surface area (Å²) >= 11 is 1.46. The summed E-state index contributed by atoms with van der Waals surface area (Å²) in [6.45, 7) is 2.71. The number of rotatable bonds is 7. The van der Waals surface area contributed by atoms with Gasteiger partial charge in [-0.1, -0.05) is 6.07 Å². The number of oxazole rings is 1. The Morgan fingerprint density at radius 2 is 1.94 bits per heavy atom. The van der Waals surface area contributed by atoms with Gasteiger partial charge in [-0.05, 0) is 48.9 Å². The number of carbonyl (C=O) groups excluding carboxylic acids is 3. The van der Waals surface area contributed by atoms with Crippen LogP contribution >= 0.6 is 11.3 Å². The molecule has 1 saturated heterocycles. The average Bonchev–Trinajstić information content (AvgIpc) is 3.42. The predicted molar refractivity (Wildman–Crippen MR) is 125 cm³/mol. The largest absolute Gasteiger partial charge is 0.420 e. The first-order valence-electron chi connectivity index (χ1n) is 10.9. The molecule has 0 saturated carbocycles. The van der Waals surface area contributed by atoms with Gasteiger partial charge in [0, 0.05) is 30.6 Å². The van der Waals surface area contributed by atoms with Crippen LogP contribution in [0.5, 0.6) is 0 Å². The summed E-state index contributed by atoms with van der Waals surface area (Å²) in [5, 5.41) is 7.50. The highest BCUT2D eigenvalue weighted by molar-refractivity contribution is 7.10. The molecule has 9 nitrogen and oxygen atoms in total. The molecule has 3 heterocycles. The topological polar surface area (TPSA) is 114 Å². The lowest BCUT2D eigenvalue weighted by Gasteiger charge is -2.26. The first kappa shape index (κ1) is 22.8.